The van der Waals surface area contributed by atoms with Crippen LogP contribution in [0.3, 0.4) is 0 Å². The molecule has 2 fully saturated rings. The zero-order valence-corrected chi connectivity index (χ0v) is 8.99. The fourth-order valence-corrected chi connectivity index (χ4v) is 3.05. The number of aromatic nitrogens is 1. The summed E-state index contributed by atoms with van der Waals surface area (Å²) >= 11 is 1.50. The molecule has 2 nitrogen and oxygen atoms in total. The zero-order valence-electron chi connectivity index (χ0n) is 8.17. The number of halogens is 2. The Morgan fingerprint density at radius 2 is 2.20 bits per heavy atom. The molecule has 1 atom stereocenters. The molecule has 15 heavy (non-hydrogen) atoms. The standard InChI is InChI=1S/C10H12F2N2S/c11-10(12)4-9(10,5-13)7-3-15-8(14-7)6-1-2-6/h3,6H,1-2,4-5,13H2. The molecular weight excluding hydrogens is 218 g/mol. The van der Waals surface area contributed by atoms with Crippen molar-refractivity contribution in [3.63, 3.8) is 0 Å². The summed E-state index contributed by atoms with van der Waals surface area (Å²) < 4.78 is 26.5. The topological polar surface area (TPSA) is 38.9 Å². The summed E-state index contributed by atoms with van der Waals surface area (Å²) in [6.07, 6.45) is 2.17. The monoisotopic (exact) mass is 230 g/mol. The molecule has 1 aromatic rings. The van der Waals surface area contributed by atoms with E-state index in [2.05, 4.69) is 4.98 Å². The summed E-state index contributed by atoms with van der Waals surface area (Å²) in [6, 6.07) is 0. The Morgan fingerprint density at radius 3 is 2.67 bits per heavy atom. The molecule has 2 saturated carbocycles. The average Bonchev–Trinajstić information content (AvgIpc) is 3.07. The highest BCUT2D eigenvalue weighted by molar-refractivity contribution is 7.09. The molecule has 0 amide bonds. The number of rotatable bonds is 3. The van der Waals surface area contributed by atoms with Crippen molar-refractivity contribution in [1.29, 1.82) is 0 Å². The first-order chi connectivity index (χ1) is 7.09. The third-order valence-electron chi connectivity index (χ3n) is 3.39. The molecule has 0 saturated heterocycles. The van der Waals surface area contributed by atoms with Gasteiger partial charge in [-0.25, -0.2) is 13.8 Å². The molecule has 1 aromatic heterocycles. The van der Waals surface area contributed by atoms with Gasteiger partial charge >= 0.3 is 0 Å². The molecular formula is C10H12F2N2S. The van der Waals surface area contributed by atoms with Gasteiger partial charge in [0.15, 0.2) is 0 Å². The van der Waals surface area contributed by atoms with Crippen LogP contribution in [0, 0.1) is 0 Å². The van der Waals surface area contributed by atoms with Crippen molar-refractivity contribution >= 4 is 11.3 Å². The Kier molecular flexibility index (Phi) is 1.78. The molecule has 2 aliphatic rings. The Balaban J connectivity index is 1.91. The van der Waals surface area contributed by atoms with Crippen molar-refractivity contribution < 1.29 is 8.78 Å². The summed E-state index contributed by atoms with van der Waals surface area (Å²) in [6.45, 7) is -0.00611. The van der Waals surface area contributed by atoms with Gasteiger partial charge in [-0.1, -0.05) is 0 Å². The minimum absolute atomic E-state index is 0.00611. The highest BCUT2D eigenvalue weighted by Gasteiger charge is 2.72. The summed E-state index contributed by atoms with van der Waals surface area (Å²) in [7, 11) is 0. The second-order valence-corrected chi connectivity index (χ2v) is 5.40. The highest BCUT2D eigenvalue weighted by atomic mass is 32.1. The predicted molar refractivity (Wildman–Crippen MR) is 54.4 cm³/mol. The maximum Gasteiger partial charge on any atom is 0.261 e. The molecule has 0 aliphatic heterocycles. The van der Waals surface area contributed by atoms with E-state index in [1.54, 1.807) is 5.38 Å². The molecule has 0 aromatic carbocycles. The van der Waals surface area contributed by atoms with Crippen LogP contribution in [-0.4, -0.2) is 17.5 Å². The number of thiazole rings is 1. The molecule has 2 aliphatic carbocycles. The lowest BCUT2D eigenvalue weighted by atomic mass is 10.0. The Bertz CT molecular complexity index is 400. The fourth-order valence-electron chi connectivity index (χ4n) is 1.96. The van der Waals surface area contributed by atoms with Crippen LogP contribution in [-0.2, 0) is 5.41 Å². The number of nitrogens with zero attached hydrogens (tertiary/aromatic N) is 1. The lowest BCUT2D eigenvalue weighted by Crippen LogP contribution is -2.27. The number of hydrogen-bond donors (Lipinski definition) is 1. The molecule has 5 heteroatoms. The average molecular weight is 230 g/mol. The Morgan fingerprint density at radius 1 is 1.53 bits per heavy atom. The van der Waals surface area contributed by atoms with Gasteiger partial charge in [0.2, 0.25) is 0 Å². The molecule has 82 valence electrons. The van der Waals surface area contributed by atoms with Crippen LogP contribution in [0.4, 0.5) is 8.78 Å². The van der Waals surface area contributed by atoms with E-state index in [0.717, 1.165) is 17.8 Å². The Hall–Kier alpha value is -0.550. The lowest BCUT2D eigenvalue weighted by Gasteiger charge is -2.09. The van der Waals surface area contributed by atoms with Crippen molar-refractivity contribution in [2.75, 3.05) is 6.54 Å². The van der Waals surface area contributed by atoms with E-state index in [1.165, 1.54) is 11.3 Å². The van der Waals surface area contributed by atoms with E-state index in [9.17, 15) is 8.78 Å². The quantitative estimate of drug-likeness (QED) is 0.865. The van der Waals surface area contributed by atoms with Gasteiger partial charge in [0.25, 0.3) is 5.92 Å². The van der Waals surface area contributed by atoms with E-state index < -0.39 is 11.3 Å². The molecule has 3 rings (SSSR count). The van der Waals surface area contributed by atoms with Gasteiger partial charge in [-0.15, -0.1) is 11.3 Å². The maximum absolute atomic E-state index is 13.2. The van der Waals surface area contributed by atoms with E-state index in [-0.39, 0.29) is 13.0 Å². The molecule has 0 spiro atoms. The minimum atomic E-state index is -2.64. The van der Waals surface area contributed by atoms with Gasteiger partial charge in [0.05, 0.1) is 16.1 Å². The predicted octanol–water partition coefficient (Wildman–Crippen LogP) is 2.26. The van der Waals surface area contributed by atoms with Crippen molar-refractivity contribution in [2.45, 2.75) is 36.5 Å². The lowest BCUT2D eigenvalue weighted by molar-refractivity contribution is 0.0887. The zero-order chi connectivity index (χ0) is 10.7. The van der Waals surface area contributed by atoms with Crippen molar-refractivity contribution in [3.8, 4) is 0 Å². The van der Waals surface area contributed by atoms with Gasteiger partial charge < -0.3 is 5.73 Å². The van der Waals surface area contributed by atoms with Crippen LogP contribution in [0.1, 0.15) is 35.9 Å². The fraction of sp³-hybridized carbons (Fsp3) is 0.700. The van der Waals surface area contributed by atoms with E-state index in [0.29, 0.717) is 11.6 Å². The van der Waals surface area contributed by atoms with Crippen molar-refractivity contribution in [1.82, 2.24) is 4.98 Å². The first-order valence-corrected chi connectivity index (χ1v) is 6.01. The largest absolute Gasteiger partial charge is 0.329 e. The summed E-state index contributed by atoms with van der Waals surface area (Å²) in [4.78, 5) is 4.33. The number of hydrogen-bond acceptors (Lipinski definition) is 3. The van der Waals surface area contributed by atoms with Gasteiger partial charge in [-0.05, 0) is 12.8 Å². The molecule has 1 unspecified atom stereocenters. The maximum atomic E-state index is 13.2. The first-order valence-electron chi connectivity index (χ1n) is 5.13. The van der Waals surface area contributed by atoms with E-state index in [4.69, 9.17) is 5.73 Å². The number of nitrogens with two attached hydrogens (primary N) is 1. The molecule has 0 bridgehead atoms. The van der Waals surface area contributed by atoms with Crippen molar-refractivity contribution in [2.24, 2.45) is 5.73 Å². The smallest absolute Gasteiger partial charge is 0.261 e. The van der Waals surface area contributed by atoms with Gasteiger partial charge in [-0.3, -0.25) is 0 Å². The van der Waals surface area contributed by atoms with Gasteiger partial charge in [0.1, 0.15) is 0 Å². The van der Waals surface area contributed by atoms with E-state index in [1.807, 2.05) is 0 Å². The molecule has 2 N–H and O–H groups in total. The van der Waals surface area contributed by atoms with Gasteiger partial charge in [-0.2, -0.15) is 0 Å². The minimum Gasteiger partial charge on any atom is -0.329 e. The molecule has 1 heterocycles. The van der Waals surface area contributed by atoms with Crippen LogP contribution < -0.4 is 5.73 Å². The third-order valence-corrected chi connectivity index (χ3v) is 4.39. The summed E-state index contributed by atoms with van der Waals surface area (Å²) in [5, 5.41) is 2.78. The SMILES string of the molecule is NCC1(c2csc(C3CC3)n2)CC1(F)F. The molecule has 0 radical (unpaired) electrons. The van der Waals surface area contributed by atoms with Crippen LogP contribution >= 0.6 is 11.3 Å². The second kappa shape index (κ2) is 2.77. The van der Waals surface area contributed by atoms with Crippen LogP contribution in [0.15, 0.2) is 5.38 Å². The van der Waals surface area contributed by atoms with Crippen LogP contribution in [0.5, 0.6) is 0 Å². The highest BCUT2D eigenvalue weighted by Crippen LogP contribution is 2.61. The Labute approximate surface area is 90.5 Å². The number of alkyl halides is 2. The second-order valence-electron chi connectivity index (χ2n) is 4.51. The summed E-state index contributed by atoms with van der Waals surface area (Å²) in [5.41, 5.74) is 4.84. The van der Waals surface area contributed by atoms with E-state index >= 15 is 0 Å². The third kappa shape index (κ3) is 1.26. The first kappa shape index (κ1) is 9.66. The normalized spacial score (nSPS) is 33.0. The summed E-state index contributed by atoms with van der Waals surface area (Å²) in [5.74, 6) is -2.11. The van der Waals surface area contributed by atoms with Crippen LogP contribution in [0.25, 0.3) is 0 Å². The van der Waals surface area contributed by atoms with Gasteiger partial charge in [0, 0.05) is 24.3 Å². The van der Waals surface area contributed by atoms with Crippen LogP contribution in [0.2, 0.25) is 0 Å². The van der Waals surface area contributed by atoms with Crippen molar-refractivity contribution in [3.05, 3.63) is 16.1 Å².